The molecule has 0 unspecified atom stereocenters. The first-order chi connectivity index (χ1) is 5.45. The van der Waals surface area contributed by atoms with E-state index in [9.17, 15) is 17.1 Å². The highest BCUT2D eigenvalue weighted by Gasteiger charge is 2.35. The molecule has 0 aliphatic rings. The lowest BCUT2D eigenvalue weighted by Crippen LogP contribution is -2.15. The highest BCUT2D eigenvalue weighted by atomic mass is 32.2. The van der Waals surface area contributed by atoms with E-state index in [0.29, 0.717) is 0 Å². The Morgan fingerprint density at radius 1 is 1.50 bits per heavy atom. The van der Waals surface area contributed by atoms with Crippen molar-refractivity contribution in [2.24, 2.45) is 0 Å². The van der Waals surface area contributed by atoms with Gasteiger partial charge in [-0.3, -0.25) is 0 Å². The van der Waals surface area contributed by atoms with Crippen molar-refractivity contribution in [3.63, 3.8) is 0 Å². The van der Waals surface area contributed by atoms with Crippen molar-refractivity contribution in [3.8, 4) is 0 Å². The molecule has 0 aliphatic carbocycles. The maximum Gasteiger partial charge on any atom is 0.616 e. The molecule has 12 heavy (non-hydrogen) atoms. The lowest BCUT2D eigenvalue weighted by atomic mass is 10.5. The van der Waals surface area contributed by atoms with E-state index in [0.717, 1.165) is 11.8 Å². The molecule has 0 fully saturated rings. The van der Waals surface area contributed by atoms with Gasteiger partial charge in [0.1, 0.15) is 0 Å². The summed E-state index contributed by atoms with van der Waals surface area (Å²) in [6, 6.07) is -0.769. The molecule has 0 aromatic heterocycles. The second kappa shape index (κ2) is 5.47. The average Bonchev–Trinajstić information content (AvgIpc) is 1.96. The number of thioether (sulfide) groups is 1. The van der Waals surface area contributed by atoms with Crippen molar-refractivity contribution in [3.05, 3.63) is 0 Å². The largest absolute Gasteiger partial charge is 0.616 e. The van der Waals surface area contributed by atoms with Crippen LogP contribution in [0.15, 0.2) is 0 Å². The SMILES string of the molecule is CSC(=O)OCCC[Si](F)(F)F. The molecule has 0 radical (unpaired) electrons. The summed E-state index contributed by atoms with van der Waals surface area (Å²) in [6.45, 7) is -0.133. The third kappa shape index (κ3) is 7.93. The van der Waals surface area contributed by atoms with E-state index in [1.807, 2.05) is 0 Å². The minimum Gasteiger partial charge on any atom is -0.458 e. The topological polar surface area (TPSA) is 26.3 Å². The zero-order valence-corrected chi connectivity index (χ0v) is 8.30. The van der Waals surface area contributed by atoms with Crippen molar-refractivity contribution in [1.82, 2.24) is 0 Å². The first-order valence-corrected chi connectivity index (χ1v) is 6.30. The van der Waals surface area contributed by atoms with Gasteiger partial charge >= 0.3 is 14.4 Å². The van der Waals surface area contributed by atoms with Gasteiger partial charge in [0, 0.05) is 6.04 Å². The van der Waals surface area contributed by atoms with Crippen molar-refractivity contribution >= 4 is 26.1 Å². The normalized spacial score (nSPS) is 11.3. The molecule has 0 saturated carbocycles. The third-order valence-electron chi connectivity index (χ3n) is 0.991. The van der Waals surface area contributed by atoms with Crippen LogP contribution in [-0.4, -0.2) is 27.2 Å². The van der Waals surface area contributed by atoms with Crippen LogP contribution < -0.4 is 0 Å². The van der Waals surface area contributed by atoms with Crippen LogP contribution in [0, 0.1) is 0 Å². The summed E-state index contributed by atoms with van der Waals surface area (Å²) in [4.78, 5) is 10.4. The molecule has 2 nitrogen and oxygen atoms in total. The van der Waals surface area contributed by atoms with Crippen LogP contribution in [0.5, 0.6) is 0 Å². The second-order valence-electron chi connectivity index (χ2n) is 2.02. The highest BCUT2D eigenvalue weighted by Crippen LogP contribution is 2.16. The number of carbonyl (C=O) groups excluding carboxylic acids is 1. The summed E-state index contributed by atoms with van der Waals surface area (Å²) in [7, 11) is -5.44. The van der Waals surface area contributed by atoms with E-state index in [2.05, 4.69) is 4.74 Å². The number of hydrogen-bond acceptors (Lipinski definition) is 3. The van der Waals surface area contributed by atoms with E-state index < -0.39 is 20.4 Å². The summed E-state index contributed by atoms with van der Waals surface area (Å²) >= 11 is 0.852. The number of halogens is 3. The summed E-state index contributed by atoms with van der Waals surface area (Å²) in [5.74, 6) is 0. The Balaban J connectivity index is 3.28. The van der Waals surface area contributed by atoms with Crippen LogP contribution >= 0.6 is 11.8 Å². The number of rotatable bonds is 4. The van der Waals surface area contributed by atoms with Crippen LogP contribution in [0.25, 0.3) is 0 Å². The number of carbonyl (C=O) groups is 1. The van der Waals surface area contributed by atoms with Gasteiger partial charge in [0.05, 0.1) is 6.61 Å². The fourth-order valence-corrected chi connectivity index (χ4v) is 1.23. The summed E-state index contributed by atoms with van der Waals surface area (Å²) in [5, 5.41) is -0.529. The van der Waals surface area contributed by atoms with Gasteiger partial charge in [0.2, 0.25) is 0 Å². The Labute approximate surface area is 74.0 Å². The zero-order valence-electron chi connectivity index (χ0n) is 6.48. The fourth-order valence-electron chi connectivity index (χ4n) is 0.487. The number of hydrogen-bond donors (Lipinski definition) is 0. The Hall–Kier alpha value is -0.173. The van der Waals surface area contributed by atoms with Crippen LogP contribution in [-0.2, 0) is 4.74 Å². The molecule has 0 aromatic rings. The van der Waals surface area contributed by atoms with Crippen LogP contribution in [0.4, 0.5) is 17.1 Å². The first kappa shape index (κ1) is 11.8. The molecule has 0 N–H and O–H groups in total. The van der Waals surface area contributed by atoms with Gasteiger partial charge < -0.3 is 4.74 Å². The Kier molecular flexibility index (Phi) is 5.39. The average molecular weight is 218 g/mol. The molecule has 0 saturated heterocycles. The van der Waals surface area contributed by atoms with Crippen molar-refractivity contribution < 1.29 is 21.9 Å². The van der Waals surface area contributed by atoms with Gasteiger partial charge in [-0.05, 0) is 24.4 Å². The molecule has 0 aliphatic heterocycles. The lowest BCUT2D eigenvalue weighted by Gasteiger charge is -2.02. The van der Waals surface area contributed by atoms with Crippen molar-refractivity contribution in [2.75, 3.05) is 12.9 Å². The Morgan fingerprint density at radius 2 is 2.08 bits per heavy atom. The maximum atomic E-state index is 11.7. The highest BCUT2D eigenvalue weighted by molar-refractivity contribution is 8.12. The monoisotopic (exact) mass is 218 g/mol. The molecule has 0 heterocycles. The van der Waals surface area contributed by atoms with Crippen LogP contribution in [0.2, 0.25) is 6.04 Å². The summed E-state index contributed by atoms with van der Waals surface area (Å²) in [6.07, 6.45) is 1.41. The van der Waals surface area contributed by atoms with E-state index in [1.165, 1.54) is 6.26 Å². The van der Waals surface area contributed by atoms with Gasteiger partial charge in [0.15, 0.2) is 0 Å². The van der Waals surface area contributed by atoms with Gasteiger partial charge in [0.25, 0.3) is 0 Å². The molecule has 0 bridgehead atoms. The predicted molar refractivity (Wildman–Crippen MR) is 43.4 cm³/mol. The summed E-state index contributed by atoms with van der Waals surface area (Å²) in [5.41, 5.74) is 0. The first-order valence-electron chi connectivity index (χ1n) is 3.23. The molecule has 0 atom stereocenters. The fraction of sp³-hybridized carbons (Fsp3) is 0.800. The van der Waals surface area contributed by atoms with Crippen molar-refractivity contribution in [1.29, 1.82) is 0 Å². The van der Waals surface area contributed by atoms with Gasteiger partial charge in [-0.15, -0.1) is 0 Å². The van der Waals surface area contributed by atoms with Gasteiger partial charge in [-0.25, -0.2) is 17.1 Å². The van der Waals surface area contributed by atoms with E-state index in [-0.39, 0.29) is 13.0 Å². The van der Waals surface area contributed by atoms with E-state index in [1.54, 1.807) is 0 Å². The predicted octanol–water partition coefficient (Wildman–Crippen LogP) is 2.72. The summed E-state index contributed by atoms with van der Waals surface area (Å²) < 4.78 is 39.4. The minimum atomic E-state index is -5.44. The van der Waals surface area contributed by atoms with Crippen LogP contribution in [0.1, 0.15) is 6.42 Å². The molecule has 0 aromatic carbocycles. The quantitative estimate of drug-likeness (QED) is 0.314. The minimum absolute atomic E-state index is 0.109. The molecule has 0 rings (SSSR count). The zero-order chi connectivity index (χ0) is 9.61. The van der Waals surface area contributed by atoms with Gasteiger partial charge in [-0.1, -0.05) is 0 Å². The second-order valence-corrected chi connectivity index (χ2v) is 4.49. The van der Waals surface area contributed by atoms with E-state index >= 15 is 0 Å². The maximum absolute atomic E-state index is 11.7. The van der Waals surface area contributed by atoms with Crippen molar-refractivity contribution in [2.45, 2.75) is 12.5 Å². The third-order valence-corrected chi connectivity index (χ3v) is 2.36. The van der Waals surface area contributed by atoms with E-state index in [4.69, 9.17) is 0 Å². The Bertz CT molecular complexity index is 150. The number of ether oxygens (including phenoxy) is 1. The molecular weight excluding hydrogens is 209 g/mol. The molecule has 0 spiro atoms. The standard InChI is InChI=1S/C5H9F3O2SSi/c1-11-5(9)10-3-2-4-12(6,7)8/h2-4H2,1H3. The Morgan fingerprint density at radius 3 is 2.50 bits per heavy atom. The van der Waals surface area contributed by atoms with Gasteiger partial charge in [-0.2, -0.15) is 0 Å². The lowest BCUT2D eigenvalue weighted by molar-refractivity contribution is 0.174. The molecule has 7 heteroatoms. The molecular formula is C5H9F3O2SSi. The molecule has 72 valence electrons. The smallest absolute Gasteiger partial charge is 0.458 e. The molecule has 0 amide bonds. The van der Waals surface area contributed by atoms with Crippen LogP contribution in [0.3, 0.4) is 0 Å².